The second-order valence-corrected chi connectivity index (χ2v) is 6.46. The minimum atomic E-state index is -0.555. The van der Waals surface area contributed by atoms with Crippen molar-refractivity contribution < 1.29 is 14.3 Å². The molecule has 0 saturated carbocycles. The fourth-order valence-corrected chi connectivity index (χ4v) is 3.57. The lowest BCUT2D eigenvalue weighted by Gasteiger charge is -2.09. The van der Waals surface area contributed by atoms with Gasteiger partial charge in [0.15, 0.2) is 0 Å². The fraction of sp³-hybridized carbons (Fsp3) is 0.0952. The molecule has 0 saturated heterocycles. The summed E-state index contributed by atoms with van der Waals surface area (Å²) < 4.78 is 15.6. The smallest absolute Gasteiger partial charge is 0.249 e. The molecule has 1 heterocycles. The normalized spacial score (nSPS) is 11.3. The van der Waals surface area contributed by atoms with Crippen LogP contribution >= 0.6 is 0 Å². The average molecular weight is 348 g/mol. The van der Waals surface area contributed by atoms with E-state index in [1.54, 1.807) is 24.3 Å². The summed E-state index contributed by atoms with van der Waals surface area (Å²) in [5.41, 5.74) is 9.12. The quantitative estimate of drug-likeness (QED) is 0.585. The first-order valence-corrected chi connectivity index (χ1v) is 8.24. The van der Waals surface area contributed by atoms with Gasteiger partial charge in [-0.25, -0.2) is 4.39 Å². The maximum absolute atomic E-state index is 13.6. The van der Waals surface area contributed by atoms with Crippen molar-refractivity contribution in [2.24, 2.45) is 5.73 Å². The van der Waals surface area contributed by atoms with Crippen molar-refractivity contribution in [1.29, 1.82) is 0 Å². The van der Waals surface area contributed by atoms with Gasteiger partial charge in [0.25, 0.3) is 0 Å². The van der Waals surface area contributed by atoms with E-state index in [0.717, 1.165) is 22.2 Å². The van der Waals surface area contributed by atoms with E-state index in [9.17, 15) is 14.3 Å². The molecular weight excluding hydrogens is 331 g/mol. The van der Waals surface area contributed by atoms with Gasteiger partial charge in [0.1, 0.15) is 11.6 Å². The minimum absolute atomic E-state index is 0.0942. The van der Waals surface area contributed by atoms with E-state index in [2.05, 4.69) is 0 Å². The second-order valence-electron chi connectivity index (χ2n) is 6.46. The highest BCUT2D eigenvalue weighted by molar-refractivity contribution is 6.19. The lowest BCUT2D eigenvalue weighted by Crippen LogP contribution is -2.11. The minimum Gasteiger partial charge on any atom is -0.507 e. The highest BCUT2D eigenvalue weighted by atomic mass is 19.1. The van der Waals surface area contributed by atoms with Crippen molar-refractivity contribution in [3.05, 3.63) is 77.1 Å². The van der Waals surface area contributed by atoms with E-state index in [4.69, 9.17) is 5.73 Å². The van der Waals surface area contributed by atoms with Crippen molar-refractivity contribution >= 4 is 27.7 Å². The fourth-order valence-electron chi connectivity index (χ4n) is 3.57. The van der Waals surface area contributed by atoms with Crippen molar-refractivity contribution in [2.75, 3.05) is 0 Å². The number of phenolic OH excluding ortho intramolecular Hbond substituents is 1. The number of nitrogens with two attached hydrogens (primary N) is 1. The Balaban J connectivity index is 2.10. The van der Waals surface area contributed by atoms with Crippen LogP contribution in [0.3, 0.4) is 0 Å². The van der Waals surface area contributed by atoms with Gasteiger partial charge in [-0.1, -0.05) is 18.2 Å². The molecule has 26 heavy (non-hydrogen) atoms. The molecule has 4 nitrogen and oxygen atoms in total. The number of aromatic nitrogens is 1. The Morgan fingerprint density at radius 2 is 1.85 bits per heavy atom. The molecule has 0 atom stereocenters. The Hall–Kier alpha value is -3.34. The number of aryl methyl sites for hydroxylation is 1. The molecule has 1 aromatic heterocycles. The third kappa shape index (κ3) is 2.49. The van der Waals surface area contributed by atoms with E-state index in [-0.39, 0.29) is 11.6 Å². The number of aromatic hydroxyl groups is 1. The van der Waals surface area contributed by atoms with Crippen LogP contribution < -0.4 is 5.73 Å². The molecule has 5 heteroatoms. The molecule has 0 aliphatic carbocycles. The molecule has 0 radical (unpaired) electrons. The summed E-state index contributed by atoms with van der Waals surface area (Å²) in [7, 11) is 0. The highest BCUT2D eigenvalue weighted by Gasteiger charge is 2.19. The van der Waals surface area contributed by atoms with Gasteiger partial charge in [-0.2, -0.15) is 0 Å². The summed E-state index contributed by atoms with van der Waals surface area (Å²) in [6, 6.07) is 15.3. The molecular formula is C21H17FN2O2. The van der Waals surface area contributed by atoms with Gasteiger partial charge in [-0.05, 0) is 54.4 Å². The van der Waals surface area contributed by atoms with Crippen LogP contribution in [-0.4, -0.2) is 15.6 Å². The van der Waals surface area contributed by atoms with E-state index in [1.165, 1.54) is 12.1 Å². The van der Waals surface area contributed by atoms with Gasteiger partial charge < -0.3 is 15.4 Å². The molecule has 0 aliphatic rings. The van der Waals surface area contributed by atoms with Gasteiger partial charge in [0.05, 0.1) is 16.4 Å². The van der Waals surface area contributed by atoms with Gasteiger partial charge in [-0.3, -0.25) is 4.79 Å². The lowest BCUT2D eigenvalue weighted by atomic mass is 10.0. The summed E-state index contributed by atoms with van der Waals surface area (Å²) >= 11 is 0. The first-order chi connectivity index (χ1) is 12.5. The number of carbonyl (C=O) groups excluding carboxylic acids is 1. The van der Waals surface area contributed by atoms with Crippen molar-refractivity contribution in [2.45, 2.75) is 13.5 Å². The zero-order chi connectivity index (χ0) is 18.4. The molecule has 3 N–H and O–H groups in total. The topological polar surface area (TPSA) is 68.2 Å². The SMILES string of the molecule is Cc1cc(O)c2c3c(C(N)=O)cccc3n(Cc3cccc(F)c3)c2c1. The number of halogens is 1. The van der Waals surface area contributed by atoms with Crippen LogP contribution in [0.15, 0.2) is 54.6 Å². The zero-order valence-corrected chi connectivity index (χ0v) is 14.2. The Morgan fingerprint density at radius 1 is 1.08 bits per heavy atom. The molecule has 0 aliphatic heterocycles. The van der Waals surface area contributed by atoms with Gasteiger partial charge >= 0.3 is 0 Å². The summed E-state index contributed by atoms with van der Waals surface area (Å²) in [6.07, 6.45) is 0. The number of amides is 1. The molecule has 0 unspecified atom stereocenters. The van der Waals surface area contributed by atoms with Crippen LogP contribution in [0, 0.1) is 12.7 Å². The Labute approximate surface area is 149 Å². The molecule has 1 amide bonds. The number of nitrogens with zero attached hydrogens (tertiary/aromatic N) is 1. The molecule has 0 fully saturated rings. The van der Waals surface area contributed by atoms with Crippen LogP contribution in [0.5, 0.6) is 5.75 Å². The predicted octanol–water partition coefficient (Wildman–Crippen LogP) is 4.09. The predicted molar refractivity (Wildman–Crippen MR) is 99.9 cm³/mol. The Morgan fingerprint density at radius 3 is 2.58 bits per heavy atom. The molecule has 4 aromatic rings. The number of hydrogen-bond acceptors (Lipinski definition) is 2. The number of carbonyl (C=O) groups is 1. The van der Waals surface area contributed by atoms with Crippen molar-refractivity contribution in [1.82, 2.24) is 4.57 Å². The van der Waals surface area contributed by atoms with E-state index in [0.29, 0.717) is 22.9 Å². The first-order valence-electron chi connectivity index (χ1n) is 8.24. The molecule has 130 valence electrons. The average Bonchev–Trinajstić information content (AvgIpc) is 2.89. The van der Waals surface area contributed by atoms with Gasteiger partial charge in [0.2, 0.25) is 5.91 Å². The number of rotatable bonds is 3. The van der Waals surface area contributed by atoms with Crippen LogP contribution in [0.4, 0.5) is 4.39 Å². The molecule has 3 aromatic carbocycles. The highest BCUT2D eigenvalue weighted by Crippen LogP contribution is 2.38. The number of benzene rings is 3. The molecule has 0 bridgehead atoms. The van der Waals surface area contributed by atoms with Crippen LogP contribution in [0.25, 0.3) is 21.8 Å². The number of hydrogen-bond donors (Lipinski definition) is 2. The summed E-state index contributed by atoms with van der Waals surface area (Å²) in [5, 5.41) is 11.7. The largest absolute Gasteiger partial charge is 0.507 e. The summed E-state index contributed by atoms with van der Waals surface area (Å²) in [6.45, 7) is 2.29. The lowest BCUT2D eigenvalue weighted by molar-refractivity contribution is 0.100. The zero-order valence-electron chi connectivity index (χ0n) is 14.2. The van der Waals surface area contributed by atoms with Gasteiger partial charge in [-0.15, -0.1) is 0 Å². The number of primary amides is 1. The van der Waals surface area contributed by atoms with Crippen LogP contribution in [0.2, 0.25) is 0 Å². The maximum Gasteiger partial charge on any atom is 0.249 e. The van der Waals surface area contributed by atoms with Crippen LogP contribution in [0.1, 0.15) is 21.5 Å². The summed E-state index contributed by atoms with van der Waals surface area (Å²) in [4.78, 5) is 11.9. The monoisotopic (exact) mass is 348 g/mol. The Kier molecular flexibility index (Phi) is 3.65. The second kappa shape index (κ2) is 5.88. The van der Waals surface area contributed by atoms with E-state index >= 15 is 0 Å². The van der Waals surface area contributed by atoms with E-state index in [1.807, 2.05) is 29.7 Å². The summed E-state index contributed by atoms with van der Waals surface area (Å²) in [5.74, 6) is -0.766. The molecule has 4 rings (SSSR count). The third-order valence-corrected chi connectivity index (χ3v) is 4.61. The first kappa shape index (κ1) is 16.1. The number of phenols is 1. The van der Waals surface area contributed by atoms with Crippen molar-refractivity contribution in [3.63, 3.8) is 0 Å². The van der Waals surface area contributed by atoms with Gasteiger partial charge in [0, 0.05) is 17.5 Å². The molecule has 0 spiro atoms. The van der Waals surface area contributed by atoms with Crippen LogP contribution in [-0.2, 0) is 6.54 Å². The number of fused-ring (bicyclic) bond motifs is 3. The standard InChI is InChI=1S/C21H17FN2O2/c1-12-8-17-20(18(25)9-12)19-15(21(23)26)6-3-7-16(19)24(17)11-13-4-2-5-14(22)10-13/h2-10,25H,11H2,1H3,(H2,23,26). The van der Waals surface area contributed by atoms with Crippen molar-refractivity contribution in [3.8, 4) is 5.75 Å². The Bertz CT molecular complexity index is 1180. The van der Waals surface area contributed by atoms with E-state index < -0.39 is 5.91 Å². The maximum atomic E-state index is 13.6. The third-order valence-electron chi connectivity index (χ3n) is 4.61.